The van der Waals surface area contributed by atoms with Gasteiger partial charge in [0, 0.05) is 18.3 Å². The first-order valence-electron chi connectivity index (χ1n) is 11.0. The Kier molecular flexibility index (Phi) is 5.66. The molecule has 4 aromatic rings. The maximum Gasteiger partial charge on any atom is 0.261 e. The Balaban J connectivity index is 1.51. The van der Waals surface area contributed by atoms with Crippen LogP contribution in [0.1, 0.15) is 16.7 Å². The van der Waals surface area contributed by atoms with Crippen molar-refractivity contribution < 1.29 is 5.11 Å². The van der Waals surface area contributed by atoms with Gasteiger partial charge in [0.2, 0.25) is 0 Å². The molecule has 2 aromatic heterocycles. The highest BCUT2D eigenvalue weighted by atomic mass is 16.3. The number of aryl methyl sites for hydroxylation is 1. The lowest BCUT2D eigenvalue weighted by molar-refractivity contribution is 0.274. The molecule has 0 amide bonds. The van der Waals surface area contributed by atoms with E-state index < -0.39 is 0 Å². The maximum atomic E-state index is 12.9. The van der Waals surface area contributed by atoms with E-state index in [0.29, 0.717) is 23.5 Å². The number of anilines is 1. The summed E-state index contributed by atoms with van der Waals surface area (Å²) in [5.74, 6) is 1.36. The predicted molar refractivity (Wildman–Crippen MR) is 131 cm³/mol. The fraction of sp³-hybridized carbons (Fsp3) is 0.240. The molecule has 8 nitrogen and oxygen atoms in total. The molecule has 168 valence electrons. The van der Waals surface area contributed by atoms with E-state index in [-0.39, 0.29) is 18.2 Å². The third-order valence-electron chi connectivity index (χ3n) is 5.83. The number of pyridine rings is 1. The quantitative estimate of drug-likeness (QED) is 0.302. The number of aliphatic imine (C=N–C) groups is 1. The molecule has 0 bridgehead atoms. The Bertz CT molecular complexity index is 1370. The lowest BCUT2D eigenvalue weighted by Crippen LogP contribution is -2.28. The number of hydrogen-bond acceptors (Lipinski definition) is 6. The Morgan fingerprint density at radius 1 is 1.18 bits per heavy atom. The van der Waals surface area contributed by atoms with Gasteiger partial charge in [0.05, 0.1) is 35.9 Å². The van der Waals surface area contributed by atoms with Crippen LogP contribution in [0.15, 0.2) is 64.5 Å². The van der Waals surface area contributed by atoms with Crippen LogP contribution >= 0.6 is 0 Å². The molecule has 0 saturated heterocycles. The fourth-order valence-electron chi connectivity index (χ4n) is 4.25. The SMILES string of the molecule is Cc1cc(C2=NCCN2)cc2[nH]c(-c3c(NC(CO)Cc4ccccc4)cc[nH]c3=O)nc12. The minimum Gasteiger partial charge on any atom is -0.394 e. The van der Waals surface area contributed by atoms with Gasteiger partial charge in [-0.25, -0.2) is 4.98 Å². The van der Waals surface area contributed by atoms with Crippen molar-refractivity contribution in [3.05, 3.63) is 81.8 Å². The van der Waals surface area contributed by atoms with Crippen LogP contribution in [0, 0.1) is 6.92 Å². The van der Waals surface area contributed by atoms with Crippen LogP contribution in [0.5, 0.6) is 0 Å². The van der Waals surface area contributed by atoms with Gasteiger partial charge in [0.1, 0.15) is 17.2 Å². The van der Waals surface area contributed by atoms with Crippen molar-refractivity contribution in [1.29, 1.82) is 0 Å². The number of rotatable bonds is 7. The van der Waals surface area contributed by atoms with Crippen LogP contribution < -0.4 is 16.2 Å². The molecule has 1 unspecified atom stereocenters. The second-order valence-corrected chi connectivity index (χ2v) is 8.24. The van der Waals surface area contributed by atoms with Crippen molar-refractivity contribution in [3.63, 3.8) is 0 Å². The zero-order valence-corrected chi connectivity index (χ0v) is 18.4. The molecule has 2 aromatic carbocycles. The van der Waals surface area contributed by atoms with Gasteiger partial charge in [-0.15, -0.1) is 0 Å². The summed E-state index contributed by atoms with van der Waals surface area (Å²) in [6, 6.07) is 15.6. The number of aromatic amines is 2. The van der Waals surface area contributed by atoms with Gasteiger partial charge < -0.3 is 25.7 Å². The van der Waals surface area contributed by atoms with Crippen LogP contribution in [0.25, 0.3) is 22.4 Å². The first kappa shape index (κ1) is 21.0. The normalized spacial score (nSPS) is 14.2. The molecule has 1 aliphatic rings. The van der Waals surface area contributed by atoms with Crippen molar-refractivity contribution in [2.45, 2.75) is 19.4 Å². The van der Waals surface area contributed by atoms with E-state index >= 15 is 0 Å². The van der Waals surface area contributed by atoms with E-state index in [1.165, 1.54) is 0 Å². The van der Waals surface area contributed by atoms with Crippen molar-refractivity contribution in [2.24, 2.45) is 4.99 Å². The van der Waals surface area contributed by atoms with Gasteiger partial charge in [-0.1, -0.05) is 30.3 Å². The van der Waals surface area contributed by atoms with E-state index in [2.05, 4.69) is 31.7 Å². The number of aliphatic hydroxyl groups is 1. The molecule has 1 atom stereocenters. The zero-order chi connectivity index (χ0) is 22.8. The van der Waals surface area contributed by atoms with E-state index in [1.54, 1.807) is 12.3 Å². The molecule has 5 N–H and O–H groups in total. The van der Waals surface area contributed by atoms with Crippen LogP contribution in [0.2, 0.25) is 0 Å². The minimum absolute atomic E-state index is 0.0706. The second-order valence-electron chi connectivity index (χ2n) is 8.24. The summed E-state index contributed by atoms with van der Waals surface area (Å²) in [5, 5.41) is 16.6. The highest BCUT2D eigenvalue weighted by Gasteiger charge is 2.19. The molecule has 0 aliphatic carbocycles. The average molecular weight is 443 g/mol. The van der Waals surface area contributed by atoms with E-state index in [4.69, 9.17) is 4.98 Å². The maximum absolute atomic E-state index is 12.9. The molecule has 5 rings (SSSR count). The number of imidazole rings is 1. The number of aromatic nitrogens is 3. The first-order valence-corrected chi connectivity index (χ1v) is 11.0. The molecule has 0 saturated carbocycles. The molecule has 0 spiro atoms. The molecular weight excluding hydrogens is 416 g/mol. The summed E-state index contributed by atoms with van der Waals surface area (Å²) in [6.45, 7) is 3.54. The molecular formula is C25H26N6O2. The number of benzene rings is 2. The highest BCUT2D eigenvalue weighted by molar-refractivity contribution is 6.03. The van der Waals surface area contributed by atoms with Crippen molar-refractivity contribution in [2.75, 3.05) is 25.0 Å². The number of fused-ring (bicyclic) bond motifs is 1. The number of nitrogens with zero attached hydrogens (tertiary/aromatic N) is 2. The van der Waals surface area contributed by atoms with Crippen LogP contribution in [-0.2, 0) is 6.42 Å². The molecule has 3 heterocycles. The van der Waals surface area contributed by atoms with E-state index in [1.807, 2.05) is 43.3 Å². The predicted octanol–water partition coefficient (Wildman–Crippen LogP) is 2.59. The van der Waals surface area contributed by atoms with Gasteiger partial charge in [0.25, 0.3) is 5.56 Å². The molecule has 1 aliphatic heterocycles. The first-order chi connectivity index (χ1) is 16.1. The number of hydrogen-bond donors (Lipinski definition) is 5. The van der Waals surface area contributed by atoms with Gasteiger partial charge in [-0.05, 0) is 42.7 Å². The standard InChI is InChI=1S/C25H26N6O2/c1-15-11-17(23-26-9-10-27-23)13-20-22(15)31-24(30-20)21-19(7-8-28-25(21)33)29-18(14-32)12-16-5-3-2-4-6-16/h2-8,11,13,18,32H,9-10,12,14H2,1H3,(H,26,27)(H,30,31)(H2,28,29,33). The molecule has 8 heteroatoms. The number of amidine groups is 1. The summed E-state index contributed by atoms with van der Waals surface area (Å²) in [4.78, 5) is 28.2. The highest BCUT2D eigenvalue weighted by Crippen LogP contribution is 2.27. The fourth-order valence-corrected chi connectivity index (χ4v) is 4.25. The number of H-pyrrole nitrogens is 2. The summed E-state index contributed by atoms with van der Waals surface area (Å²) < 4.78 is 0. The van der Waals surface area contributed by atoms with Gasteiger partial charge >= 0.3 is 0 Å². The van der Waals surface area contributed by atoms with Crippen molar-refractivity contribution in [3.8, 4) is 11.4 Å². The number of aliphatic hydroxyl groups excluding tert-OH is 1. The largest absolute Gasteiger partial charge is 0.394 e. The van der Waals surface area contributed by atoms with Crippen LogP contribution in [0.4, 0.5) is 5.69 Å². The summed E-state index contributed by atoms with van der Waals surface area (Å²) in [6.07, 6.45) is 2.22. The summed E-state index contributed by atoms with van der Waals surface area (Å²) >= 11 is 0. The Morgan fingerprint density at radius 3 is 2.79 bits per heavy atom. The number of nitrogens with one attached hydrogen (secondary N) is 4. The monoisotopic (exact) mass is 442 g/mol. The molecule has 0 radical (unpaired) electrons. The zero-order valence-electron chi connectivity index (χ0n) is 18.4. The van der Waals surface area contributed by atoms with Gasteiger partial charge in [-0.3, -0.25) is 9.79 Å². The summed E-state index contributed by atoms with van der Waals surface area (Å²) in [7, 11) is 0. The van der Waals surface area contributed by atoms with E-state index in [9.17, 15) is 9.90 Å². The van der Waals surface area contributed by atoms with Crippen molar-refractivity contribution in [1.82, 2.24) is 20.3 Å². The van der Waals surface area contributed by atoms with Crippen molar-refractivity contribution >= 4 is 22.6 Å². The third-order valence-corrected chi connectivity index (χ3v) is 5.83. The van der Waals surface area contributed by atoms with E-state index in [0.717, 1.165) is 46.6 Å². The second kappa shape index (κ2) is 8.91. The Morgan fingerprint density at radius 2 is 2.03 bits per heavy atom. The van der Waals surface area contributed by atoms with Gasteiger partial charge in [-0.2, -0.15) is 0 Å². The third kappa shape index (κ3) is 4.25. The molecule has 33 heavy (non-hydrogen) atoms. The Hall–Kier alpha value is -3.91. The summed E-state index contributed by atoms with van der Waals surface area (Å²) in [5.41, 5.74) is 5.53. The Labute approximate surface area is 190 Å². The lowest BCUT2D eigenvalue weighted by atomic mass is 10.1. The topological polar surface area (TPSA) is 118 Å². The molecule has 0 fully saturated rings. The average Bonchev–Trinajstić information content (AvgIpc) is 3.50. The van der Waals surface area contributed by atoms with Crippen LogP contribution in [-0.4, -0.2) is 51.6 Å². The smallest absolute Gasteiger partial charge is 0.261 e. The minimum atomic E-state index is -0.254. The van der Waals surface area contributed by atoms with Crippen LogP contribution in [0.3, 0.4) is 0 Å². The van der Waals surface area contributed by atoms with Gasteiger partial charge in [0.15, 0.2) is 0 Å². The lowest BCUT2D eigenvalue weighted by Gasteiger charge is -2.19.